The number of fused-ring (bicyclic) bond motifs is 1. The fraction of sp³-hybridized carbons (Fsp3) is 0.364. The van der Waals surface area contributed by atoms with Crippen molar-refractivity contribution in [3.05, 3.63) is 47.0 Å². The van der Waals surface area contributed by atoms with E-state index in [9.17, 15) is 4.79 Å². The number of aromatic nitrogens is 1. The van der Waals surface area contributed by atoms with Crippen molar-refractivity contribution in [1.29, 1.82) is 0 Å². The summed E-state index contributed by atoms with van der Waals surface area (Å²) >= 11 is 9.36. The van der Waals surface area contributed by atoms with E-state index in [-0.39, 0.29) is 5.91 Å². The molecule has 0 radical (unpaired) electrons. The van der Waals surface area contributed by atoms with Crippen LogP contribution in [0.2, 0.25) is 5.02 Å². The molecule has 0 aliphatic carbocycles. The minimum absolute atomic E-state index is 0.0356. The fourth-order valence-electron chi connectivity index (χ4n) is 2.95. The summed E-state index contributed by atoms with van der Waals surface area (Å²) in [5, 5.41) is 1.27. The van der Waals surface area contributed by atoms with E-state index < -0.39 is 0 Å². The number of methoxy groups -OCH3 is 1. The van der Waals surface area contributed by atoms with Crippen molar-refractivity contribution in [2.45, 2.75) is 18.2 Å². The molecule has 30 heavy (non-hydrogen) atoms. The summed E-state index contributed by atoms with van der Waals surface area (Å²) in [7, 11) is 5.67. The van der Waals surface area contributed by atoms with Crippen molar-refractivity contribution < 1.29 is 9.53 Å². The van der Waals surface area contributed by atoms with Crippen molar-refractivity contribution >= 4 is 56.0 Å². The van der Waals surface area contributed by atoms with E-state index in [2.05, 4.69) is 24.0 Å². The first kappa shape index (κ1) is 22.9. The molecule has 0 aliphatic heterocycles. The van der Waals surface area contributed by atoms with Gasteiger partial charge in [-0.25, -0.2) is 4.98 Å². The number of hydrogen-bond acceptors (Lipinski definition) is 6. The number of anilines is 1. The number of ether oxygens (including phenoxy) is 1. The third-order valence-electron chi connectivity index (χ3n) is 4.57. The van der Waals surface area contributed by atoms with Gasteiger partial charge in [0.05, 0.1) is 22.6 Å². The summed E-state index contributed by atoms with van der Waals surface area (Å²) in [5.74, 6) is 1.05. The fourth-order valence-corrected chi connectivity index (χ4v) is 5.02. The number of rotatable bonds is 9. The first-order valence-electron chi connectivity index (χ1n) is 9.66. The summed E-state index contributed by atoms with van der Waals surface area (Å²) < 4.78 is 6.27. The van der Waals surface area contributed by atoms with E-state index in [4.69, 9.17) is 21.3 Å². The topological polar surface area (TPSA) is 45.7 Å². The third kappa shape index (κ3) is 5.66. The van der Waals surface area contributed by atoms with Crippen LogP contribution in [0.3, 0.4) is 0 Å². The molecule has 2 aromatic carbocycles. The van der Waals surface area contributed by atoms with Crippen LogP contribution in [0.25, 0.3) is 10.2 Å². The zero-order chi connectivity index (χ0) is 21.7. The van der Waals surface area contributed by atoms with Gasteiger partial charge in [-0.05, 0) is 58.3 Å². The number of aryl methyl sites for hydroxylation is 1. The number of thiazole rings is 1. The highest BCUT2D eigenvalue weighted by Crippen LogP contribution is 2.39. The first-order valence-corrected chi connectivity index (χ1v) is 11.8. The van der Waals surface area contributed by atoms with Crippen LogP contribution >= 0.6 is 34.7 Å². The zero-order valence-corrected chi connectivity index (χ0v) is 20.0. The summed E-state index contributed by atoms with van der Waals surface area (Å²) in [4.78, 5) is 22.9. The molecule has 160 valence electrons. The van der Waals surface area contributed by atoms with E-state index in [1.807, 2.05) is 26.2 Å². The predicted octanol–water partition coefficient (Wildman–Crippen LogP) is 5.34. The van der Waals surface area contributed by atoms with E-state index >= 15 is 0 Å². The predicted molar refractivity (Wildman–Crippen MR) is 129 cm³/mol. The number of amides is 1. The van der Waals surface area contributed by atoms with Crippen LogP contribution in [-0.4, -0.2) is 55.8 Å². The average molecular weight is 464 g/mol. The van der Waals surface area contributed by atoms with Gasteiger partial charge in [0.1, 0.15) is 11.3 Å². The summed E-state index contributed by atoms with van der Waals surface area (Å²) in [6, 6.07) is 11.8. The summed E-state index contributed by atoms with van der Waals surface area (Å²) in [6.45, 7) is 3.55. The number of halogens is 1. The molecule has 0 fully saturated rings. The lowest BCUT2D eigenvalue weighted by Gasteiger charge is -2.21. The second-order valence-electron chi connectivity index (χ2n) is 7.23. The van der Waals surface area contributed by atoms with Gasteiger partial charge in [-0.15, -0.1) is 11.8 Å². The Morgan fingerprint density at radius 3 is 2.57 bits per heavy atom. The molecule has 0 aliphatic rings. The Labute approximate surface area is 191 Å². The Balaban J connectivity index is 1.84. The van der Waals surface area contributed by atoms with Crippen LogP contribution in [0, 0.1) is 6.92 Å². The quantitative estimate of drug-likeness (QED) is 0.400. The van der Waals surface area contributed by atoms with Gasteiger partial charge in [0.15, 0.2) is 5.13 Å². The molecule has 8 heteroatoms. The van der Waals surface area contributed by atoms with Crippen LogP contribution in [-0.2, 0) is 4.79 Å². The van der Waals surface area contributed by atoms with Gasteiger partial charge in [-0.2, -0.15) is 0 Å². The maximum atomic E-state index is 13.2. The maximum Gasteiger partial charge on any atom is 0.239 e. The number of nitrogens with zero attached hydrogens (tertiary/aromatic N) is 3. The second-order valence-corrected chi connectivity index (χ2v) is 9.66. The molecular formula is C22H26ClN3O2S2. The Morgan fingerprint density at radius 2 is 1.90 bits per heavy atom. The molecule has 1 aromatic heterocycles. The molecule has 0 saturated heterocycles. The molecule has 0 saturated carbocycles. The molecule has 3 rings (SSSR count). The Morgan fingerprint density at radius 1 is 1.17 bits per heavy atom. The number of carbonyl (C=O) groups is 1. The largest absolute Gasteiger partial charge is 0.494 e. The molecule has 0 spiro atoms. The molecule has 3 aromatic rings. The van der Waals surface area contributed by atoms with Gasteiger partial charge in [-0.3, -0.25) is 9.69 Å². The zero-order valence-electron chi connectivity index (χ0n) is 17.6. The number of benzene rings is 2. The van der Waals surface area contributed by atoms with Crippen molar-refractivity contribution in [1.82, 2.24) is 9.88 Å². The third-order valence-corrected chi connectivity index (χ3v) is 7.10. The molecular weight excluding hydrogens is 438 g/mol. The highest BCUT2D eigenvalue weighted by atomic mass is 35.5. The molecule has 5 nitrogen and oxygen atoms in total. The summed E-state index contributed by atoms with van der Waals surface area (Å²) in [6.07, 6.45) is 0.856. The van der Waals surface area contributed by atoms with E-state index in [1.165, 1.54) is 16.9 Å². The maximum absolute atomic E-state index is 13.2. The van der Waals surface area contributed by atoms with E-state index in [0.29, 0.717) is 33.7 Å². The highest BCUT2D eigenvalue weighted by Gasteiger charge is 2.22. The minimum Gasteiger partial charge on any atom is -0.494 e. The van der Waals surface area contributed by atoms with Gasteiger partial charge in [0.2, 0.25) is 5.91 Å². The standard InChI is InChI=1S/C22H26ClN3O2S2/c1-15-6-8-16(9-7-15)29-14-19(27)26(13-5-12-25(2)3)22-24-20-18(28-4)11-10-17(23)21(20)30-22/h6-11H,5,12-14H2,1-4H3. The molecule has 1 heterocycles. The van der Waals surface area contributed by atoms with Gasteiger partial charge < -0.3 is 9.64 Å². The lowest BCUT2D eigenvalue weighted by molar-refractivity contribution is -0.116. The average Bonchev–Trinajstić information content (AvgIpc) is 3.16. The molecule has 0 N–H and O–H groups in total. The van der Waals surface area contributed by atoms with Crippen LogP contribution in [0.5, 0.6) is 5.75 Å². The van der Waals surface area contributed by atoms with Crippen molar-refractivity contribution in [2.75, 3.05) is 44.9 Å². The molecule has 0 unspecified atom stereocenters. The van der Waals surface area contributed by atoms with Crippen molar-refractivity contribution in [3.63, 3.8) is 0 Å². The van der Waals surface area contributed by atoms with Crippen molar-refractivity contribution in [2.24, 2.45) is 0 Å². The second kappa shape index (κ2) is 10.5. The number of carbonyl (C=O) groups excluding carboxylic acids is 1. The smallest absolute Gasteiger partial charge is 0.239 e. The van der Waals surface area contributed by atoms with Crippen LogP contribution in [0.15, 0.2) is 41.3 Å². The first-order chi connectivity index (χ1) is 14.4. The molecule has 0 atom stereocenters. The molecule has 1 amide bonds. The Bertz CT molecular complexity index is 1010. The van der Waals surface area contributed by atoms with Crippen molar-refractivity contribution in [3.8, 4) is 5.75 Å². The Hall–Kier alpha value is -1.80. The van der Waals surface area contributed by atoms with E-state index in [1.54, 1.807) is 35.9 Å². The van der Waals surface area contributed by atoms with Gasteiger partial charge in [0, 0.05) is 11.4 Å². The minimum atomic E-state index is 0.0356. The Kier molecular flexibility index (Phi) is 7.99. The number of hydrogen-bond donors (Lipinski definition) is 0. The monoisotopic (exact) mass is 463 g/mol. The van der Waals surface area contributed by atoms with Gasteiger partial charge >= 0.3 is 0 Å². The number of thioether (sulfide) groups is 1. The lowest BCUT2D eigenvalue weighted by Crippen LogP contribution is -2.34. The normalized spacial score (nSPS) is 11.3. The van der Waals surface area contributed by atoms with Crippen LogP contribution < -0.4 is 9.64 Å². The van der Waals surface area contributed by atoms with Crippen LogP contribution in [0.4, 0.5) is 5.13 Å². The van der Waals surface area contributed by atoms with Gasteiger partial charge in [-0.1, -0.05) is 40.6 Å². The van der Waals surface area contributed by atoms with Crippen LogP contribution in [0.1, 0.15) is 12.0 Å². The summed E-state index contributed by atoms with van der Waals surface area (Å²) in [5.41, 5.74) is 1.90. The van der Waals surface area contributed by atoms with E-state index in [0.717, 1.165) is 22.6 Å². The van der Waals surface area contributed by atoms with Gasteiger partial charge in [0.25, 0.3) is 0 Å². The SMILES string of the molecule is COc1ccc(Cl)c2sc(N(CCCN(C)C)C(=O)CSc3ccc(C)cc3)nc12. The molecule has 0 bridgehead atoms. The lowest BCUT2D eigenvalue weighted by atomic mass is 10.2. The highest BCUT2D eigenvalue weighted by molar-refractivity contribution is 8.00.